The van der Waals surface area contributed by atoms with Gasteiger partial charge in [0.25, 0.3) is 5.69 Å². The van der Waals surface area contributed by atoms with E-state index in [1.54, 1.807) is 13.0 Å². The lowest BCUT2D eigenvalue weighted by Crippen LogP contribution is -2.21. The number of hydrogen-bond donors (Lipinski definition) is 2. The fourth-order valence-electron chi connectivity index (χ4n) is 2.14. The lowest BCUT2D eigenvalue weighted by molar-refractivity contribution is -0.384. The highest BCUT2D eigenvalue weighted by Gasteiger charge is 2.29. The fraction of sp³-hybridized carbons (Fsp3) is 0.250. The summed E-state index contributed by atoms with van der Waals surface area (Å²) in [7, 11) is 1.22. The normalized spacial score (nSPS) is 10.9. The molecular weight excluding hydrogens is 435 g/mol. The number of anilines is 2. The average molecular weight is 449 g/mol. The Labute approximate surface area is 171 Å². The largest absolute Gasteiger partial charge is 0.484 e. The third-order valence-corrected chi connectivity index (χ3v) is 4.42. The van der Waals surface area contributed by atoms with Crippen LogP contribution in [0.1, 0.15) is 15.2 Å². The zero-order valence-electron chi connectivity index (χ0n) is 15.0. The SMILES string of the molecule is COC(=O)c1cc(C)sc1NC(=S)Nc1cc(OCC(F)(F)F)cc([N+](=O)[O-])c1. The molecule has 2 aromatic rings. The molecule has 0 spiro atoms. The number of thiophene rings is 1. The molecule has 0 unspecified atom stereocenters. The van der Waals surface area contributed by atoms with Crippen LogP contribution in [0.25, 0.3) is 0 Å². The van der Waals surface area contributed by atoms with Gasteiger partial charge in [0, 0.05) is 17.0 Å². The van der Waals surface area contributed by atoms with Crippen LogP contribution >= 0.6 is 23.6 Å². The molecule has 0 amide bonds. The van der Waals surface area contributed by atoms with Gasteiger partial charge in [-0.1, -0.05) is 0 Å². The van der Waals surface area contributed by atoms with E-state index in [1.165, 1.54) is 18.4 Å². The van der Waals surface area contributed by atoms with Crippen LogP contribution in [0.5, 0.6) is 5.75 Å². The summed E-state index contributed by atoms with van der Waals surface area (Å²) >= 11 is 6.35. The lowest BCUT2D eigenvalue weighted by Gasteiger charge is -2.13. The summed E-state index contributed by atoms with van der Waals surface area (Å²) in [6, 6.07) is 4.67. The van der Waals surface area contributed by atoms with Gasteiger partial charge in [0.2, 0.25) is 0 Å². The Bertz CT molecular complexity index is 946. The van der Waals surface area contributed by atoms with E-state index in [0.717, 1.165) is 23.1 Å². The van der Waals surface area contributed by atoms with E-state index >= 15 is 0 Å². The van der Waals surface area contributed by atoms with Crippen LogP contribution in [0.3, 0.4) is 0 Å². The quantitative estimate of drug-likeness (QED) is 0.288. The molecule has 2 rings (SSSR count). The first-order valence-electron chi connectivity index (χ1n) is 7.74. The maximum absolute atomic E-state index is 12.3. The van der Waals surface area contributed by atoms with Crippen molar-refractivity contribution in [3.8, 4) is 5.75 Å². The molecular formula is C16H14F3N3O5S2. The number of esters is 1. The average Bonchev–Trinajstić information content (AvgIpc) is 2.98. The molecule has 0 atom stereocenters. The van der Waals surface area contributed by atoms with Crippen molar-refractivity contribution >= 4 is 51.0 Å². The van der Waals surface area contributed by atoms with E-state index < -0.39 is 29.4 Å². The minimum Gasteiger partial charge on any atom is -0.484 e. The number of nitrogens with zero attached hydrogens (tertiary/aromatic N) is 1. The molecule has 1 aromatic carbocycles. The third kappa shape index (κ3) is 6.57. The van der Waals surface area contributed by atoms with Crippen LogP contribution in [0, 0.1) is 17.0 Å². The zero-order valence-corrected chi connectivity index (χ0v) is 16.6. The molecule has 1 aromatic heterocycles. The molecule has 0 radical (unpaired) electrons. The van der Waals surface area contributed by atoms with Gasteiger partial charge in [-0.05, 0) is 25.2 Å². The smallest absolute Gasteiger partial charge is 0.422 e. The maximum Gasteiger partial charge on any atom is 0.422 e. The minimum atomic E-state index is -4.60. The van der Waals surface area contributed by atoms with Crippen LogP contribution in [0.15, 0.2) is 24.3 Å². The van der Waals surface area contributed by atoms with E-state index in [2.05, 4.69) is 20.1 Å². The number of rotatable bonds is 6. The highest BCUT2D eigenvalue weighted by atomic mass is 32.1. The van der Waals surface area contributed by atoms with Gasteiger partial charge in [-0.3, -0.25) is 10.1 Å². The Kier molecular flexibility index (Phi) is 6.97. The van der Waals surface area contributed by atoms with Crippen molar-refractivity contribution in [2.75, 3.05) is 24.4 Å². The summed E-state index contributed by atoms with van der Waals surface area (Å²) in [6.45, 7) is 0.164. The van der Waals surface area contributed by atoms with Crippen molar-refractivity contribution in [2.45, 2.75) is 13.1 Å². The van der Waals surface area contributed by atoms with Crippen molar-refractivity contribution in [1.29, 1.82) is 0 Å². The molecule has 0 saturated heterocycles. The predicted octanol–water partition coefficient (Wildman–Crippen LogP) is 4.50. The number of alkyl halides is 3. The monoisotopic (exact) mass is 449 g/mol. The van der Waals surface area contributed by atoms with Gasteiger partial charge in [-0.2, -0.15) is 13.2 Å². The van der Waals surface area contributed by atoms with Crippen molar-refractivity contribution < 1.29 is 32.4 Å². The number of non-ortho nitro benzene ring substituents is 1. The van der Waals surface area contributed by atoms with Gasteiger partial charge < -0.3 is 20.1 Å². The van der Waals surface area contributed by atoms with Gasteiger partial charge in [0.1, 0.15) is 10.8 Å². The van der Waals surface area contributed by atoms with Crippen LogP contribution in [0.4, 0.5) is 29.5 Å². The summed E-state index contributed by atoms with van der Waals surface area (Å²) in [5.74, 6) is -0.943. The van der Waals surface area contributed by atoms with Crippen LogP contribution in [-0.4, -0.2) is 35.9 Å². The number of nitro benzene ring substituents is 1. The number of halogens is 3. The molecule has 0 fully saturated rings. The number of hydrogen-bond acceptors (Lipinski definition) is 7. The first kappa shape index (κ1) is 22.4. The molecule has 0 bridgehead atoms. The first-order chi connectivity index (χ1) is 13.5. The second kappa shape index (κ2) is 9.05. The second-order valence-corrected chi connectivity index (χ2v) is 7.21. The van der Waals surface area contributed by atoms with Crippen molar-refractivity contribution in [2.24, 2.45) is 0 Å². The molecule has 0 saturated carbocycles. The highest BCUT2D eigenvalue weighted by Crippen LogP contribution is 2.30. The summed E-state index contributed by atoms with van der Waals surface area (Å²) in [4.78, 5) is 22.9. The number of aryl methyl sites for hydroxylation is 1. The van der Waals surface area contributed by atoms with E-state index in [9.17, 15) is 28.1 Å². The molecule has 29 heavy (non-hydrogen) atoms. The van der Waals surface area contributed by atoms with Gasteiger partial charge in [-0.15, -0.1) is 11.3 Å². The van der Waals surface area contributed by atoms with E-state index in [1.807, 2.05) is 0 Å². The zero-order chi connectivity index (χ0) is 21.8. The second-order valence-electron chi connectivity index (χ2n) is 5.55. The Morgan fingerprint density at radius 1 is 1.28 bits per heavy atom. The molecule has 0 aliphatic heterocycles. The Morgan fingerprint density at radius 2 is 1.97 bits per heavy atom. The summed E-state index contributed by atoms with van der Waals surface area (Å²) in [5.41, 5.74) is -0.216. The number of ether oxygens (including phenoxy) is 2. The molecule has 13 heteroatoms. The highest BCUT2D eigenvalue weighted by molar-refractivity contribution is 7.80. The lowest BCUT2D eigenvalue weighted by atomic mass is 10.2. The third-order valence-electron chi connectivity index (χ3n) is 3.25. The van der Waals surface area contributed by atoms with E-state index in [0.29, 0.717) is 5.00 Å². The summed E-state index contributed by atoms with van der Waals surface area (Å²) < 4.78 is 46.3. The van der Waals surface area contributed by atoms with Gasteiger partial charge in [0.05, 0.1) is 29.4 Å². The van der Waals surface area contributed by atoms with Crippen LogP contribution in [0.2, 0.25) is 0 Å². The van der Waals surface area contributed by atoms with E-state index in [-0.39, 0.29) is 22.1 Å². The van der Waals surface area contributed by atoms with Crippen molar-refractivity contribution in [3.63, 3.8) is 0 Å². The molecule has 1 heterocycles. The Morgan fingerprint density at radius 3 is 2.55 bits per heavy atom. The summed E-state index contributed by atoms with van der Waals surface area (Å²) in [6.07, 6.45) is -4.60. The number of carbonyl (C=O) groups is 1. The molecule has 0 aliphatic carbocycles. The standard InChI is InChI=1S/C16H14F3N3O5S2/c1-8-3-12(14(23)26-2)13(29-8)21-15(28)20-9-4-10(22(24)25)6-11(5-9)27-7-16(17,18)19/h3-6H,7H2,1-2H3,(H2,20,21,28). The first-order valence-corrected chi connectivity index (χ1v) is 8.97. The fourth-order valence-corrected chi connectivity index (χ4v) is 3.33. The van der Waals surface area contributed by atoms with Crippen molar-refractivity contribution in [1.82, 2.24) is 0 Å². The Balaban J connectivity index is 2.20. The molecule has 2 N–H and O–H groups in total. The number of nitro groups is 1. The minimum absolute atomic E-state index is 0.0294. The van der Waals surface area contributed by atoms with Gasteiger partial charge in [0.15, 0.2) is 11.7 Å². The van der Waals surface area contributed by atoms with Gasteiger partial charge in [-0.25, -0.2) is 4.79 Å². The topological polar surface area (TPSA) is 103 Å². The van der Waals surface area contributed by atoms with Crippen LogP contribution < -0.4 is 15.4 Å². The number of carbonyl (C=O) groups excluding carboxylic acids is 1. The van der Waals surface area contributed by atoms with Gasteiger partial charge >= 0.3 is 12.1 Å². The number of nitrogens with one attached hydrogen (secondary N) is 2. The maximum atomic E-state index is 12.3. The summed E-state index contributed by atoms with van der Waals surface area (Å²) in [5, 5.41) is 16.8. The number of thiocarbonyl (C=S) groups is 1. The van der Waals surface area contributed by atoms with Crippen molar-refractivity contribution in [3.05, 3.63) is 44.8 Å². The molecule has 8 nitrogen and oxygen atoms in total. The number of methoxy groups -OCH3 is 1. The van der Waals surface area contributed by atoms with E-state index in [4.69, 9.17) is 12.2 Å². The molecule has 156 valence electrons. The molecule has 0 aliphatic rings. The Hall–Kier alpha value is -2.93. The van der Waals surface area contributed by atoms with Crippen LogP contribution in [-0.2, 0) is 4.74 Å². The predicted molar refractivity (Wildman–Crippen MR) is 105 cm³/mol. The number of benzene rings is 1.